The highest BCUT2D eigenvalue weighted by Gasteiger charge is 2.39. The summed E-state index contributed by atoms with van der Waals surface area (Å²) >= 11 is 6.15. The maximum Gasteiger partial charge on any atom is 0.322 e. The molecule has 1 atom stereocenters. The molecule has 1 unspecified atom stereocenters. The van der Waals surface area contributed by atoms with Gasteiger partial charge >= 0.3 is 6.03 Å². The number of halogens is 1. The van der Waals surface area contributed by atoms with Crippen LogP contribution < -0.4 is 10.6 Å². The van der Waals surface area contributed by atoms with E-state index < -0.39 is 11.9 Å². The van der Waals surface area contributed by atoms with Gasteiger partial charge in [-0.25, -0.2) is 4.79 Å². The van der Waals surface area contributed by atoms with Crippen LogP contribution in [-0.2, 0) is 22.7 Å². The van der Waals surface area contributed by atoms with Crippen molar-refractivity contribution in [1.29, 1.82) is 0 Å². The summed E-state index contributed by atoms with van der Waals surface area (Å²) in [6.07, 6.45) is 0.540. The molecule has 2 aromatic rings. The molecule has 1 fully saturated rings. The third kappa shape index (κ3) is 4.71. The number of benzene rings is 2. The second kappa shape index (κ2) is 9.23. The molecular weight excluding hydrogens is 444 g/mol. The zero-order valence-electron chi connectivity index (χ0n) is 18.5. The Morgan fingerprint density at radius 1 is 1.21 bits per heavy atom. The number of imide groups is 1. The van der Waals surface area contributed by atoms with Crippen LogP contribution in [0.5, 0.6) is 0 Å². The van der Waals surface area contributed by atoms with Crippen LogP contribution >= 0.6 is 11.6 Å². The van der Waals surface area contributed by atoms with Gasteiger partial charge in [0.2, 0.25) is 11.8 Å². The van der Waals surface area contributed by atoms with Crippen LogP contribution in [0, 0.1) is 6.92 Å². The normalized spacial score (nSPS) is 17.6. The van der Waals surface area contributed by atoms with Gasteiger partial charge in [0.05, 0.1) is 0 Å². The number of aryl methyl sites for hydroxylation is 1. The third-order valence-corrected chi connectivity index (χ3v) is 6.47. The molecule has 8 nitrogen and oxygen atoms in total. The molecule has 172 valence electrons. The number of carbonyl (C=O) groups is 4. The SMILES string of the molecule is CCN(Cc1ccc2c(c1)C(=O)N(C1CCC(=O)NC1=O)C2)C(=O)Nc1ccc(C)c(Cl)c1. The van der Waals surface area contributed by atoms with Crippen molar-refractivity contribution in [3.63, 3.8) is 0 Å². The molecule has 0 aromatic heterocycles. The molecule has 0 aliphatic carbocycles. The van der Waals surface area contributed by atoms with E-state index in [0.717, 1.165) is 16.7 Å². The standard InChI is InChI=1S/C24H25ClN4O4/c1-3-28(24(33)26-17-7-4-14(2)19(25)11-17)12-15-5-6-16-13-29(23(32)18(16)10-15)20-8-9-21(30)27-22(20)31/h4-7,10-11,20H,3,8-9,12-13H2,1-2H3,(H,26,33)(H,27,30,31). The zero-order valence-corrected chi connectivity index (χ0v) is 19.2. The molecule has 5 amide bonds. The molecule has 0 radical (unpaired) electrons. The quantitative estimate of drug-likeness (QED) is 0.656. The molecule has 0 spiro atoms. The van der Waals surface area contributed by atoms with E-state index in [-0.39, 0.29) is 24.3 Å². The summed E-state index contributed by atoms with van der Waals surface area (Å²) in [4.78, 5) is 52.6. The van der Waals surface area contributed by atoms with Gasteiger partial charge in [-0.1, -0.05) is 29.8 Å². The number of hydrogen-bond donors (Lipinski definition) is 2. The predicted molar refractivity (Wildman–Crippen MR) is 124 cm³/mol. The van der Waals surface area contributed by atoms with Crippen molar-refractivity contribution in [3.05, 3.63) is 63.7 Å². The van der Waals surface area contributed by atoms with Crippen molar-refractivity contribution in [1.82, 2.24) is 15.1 Å². The molecule has 2 aliphatic heterocycles. The highest BCUT2D eigenvalue weighted by Crippen LogP contribution is 2.28. The molecular formula is C24H25ClN4O4. The smallest absolute Gasteiger partial charge is 0.322 e. The summed E-state index contributed by atoms with van der Waals surface area (Å²) < 4.78 is 0. The number of hydrogen-bond acceptors (Lipinski definition) is 4. The van der Waals surface area contributed by atoms with Gasteiger partial charge in [-0.15, -0.1) is 0 Å². The minimum Gasteiger partial charge on any atom is -0.322 e. The summed E-state index contributed by atoms with van der Waals surface area (Å²) in [7, 11) is 0. The van der Waals surface area contributed by atoms with Crippen molar-refractivity contribution >= 4 is 41.0 Å². The molecule has 33 heavy (non-hydrogen) atoms. The number of urea groups is 1. The average molecular weight is 469 g/mol. The lowest BCUT2D eigenvalue weighted by molar-refractivity contribution is -0.136. The number of nitrogens with zero attached hydrogens (tertiary/aromatic N) is 2. The first kappa shape index (κ1) is 22.8. The molecule has 2 N–H and O–H groups in total. The van der Waals surface area contributed by atoms with Gasteiger partial charge in [0.1, 0.15) is 6.04 Å². The summed E-state index contributed by atoms with van der Waals surface area (Å²) in [6, 6.07) is 9.96. The first-order valence-corrected chi connectivity index (χ1v) is 11.2. The van der Waals surface area contributed by atoms with Gasteiger partial charge < -0.3 is 15.1 Å². The lowest BCUT2D eigenvalue weighted by Gasteiger charge is -2.29. The fourth-order valence-electron chi connectivity index (χ4n) is 4.12. The number of rotatable bonds is 5. The lowest BCUT2D eigenvalue weighted by Crippen LogP contribution is -2.52. The average Bonchev–Trinajstić information content (AvgIpc) is 3.10. The van der Waals surface area contributed by atoms with Crippen LogP contribution in [0.3, 0.4) is 0 Å². The van der Waals surface area contributed by atoms with E-state index in [2.05, 4.69) is 10.6 Å². The van der Waals surface area contributed by atoms with Gasteiger partial charge in [0, 0.05) is 42.3 Å². The fraction of sp³-hybridized carbons (Fsp3) is 0.333. The maximum atomic E-state index is 13.0. The van der Waals surface area contributed by atoms with Crippen LogP contribution in [0.2, 0.25) is 5.02 Å². The van der Waals surface area contributed by atoms with Gasteiger partial charge in [0.25, 0.3) is 5.91 Å². The van der Waals surface area contributed by atoms with Crippen LogP contribution in [0.25, 0.3) is 0 Å². The highest BCUT2D eigenvalue weighted by molar-refractivity contribution is 6.31. The van der Waals surface area contributed by atoms with E-state index >= 15 is 0 Å². The fourth-order valence-corrected chi connectivity index (χ4v) is 4.30. The van der Waals surface area contributed by atoms with Gasteiger partial charge in [-0.2, -0.15) is 0 Å². The molecule has 2 heterocycles. The second-order valence-corrected chi connectivity index (χ2v) is 8.71. The summed E-state index contributed by atoms with van der Waals surface area (Å²) in [6.45, 7) is 4.89. The number of nitrogens with one attached hydrogen (secondary N) is 2. The van der Waals surface area contributed by atoms with Crippen LogP contribution in [0.15, 0.2) is 36.4 Å². The minimum absolute atomic E-state index is 0.217. The topological polar surface area (TPSA) is 98.8 Å². The molecule has 2 aromatic carbocycles. The zero-order chi connectivity index (χ0) is 23.7. The van der Waals surface area contributed by atoms with Gasteiger partial charge in [-0.05, 0) is 55.2 Å². The predicted octanol–water partition coefficient (Wildman–Crippen LogP) is 3.46. The highest BCUT2D eigenvalue weighted by atomic mass is 35.5. The van der Waals surface area contributed by atoms with E-state index in [1.54, 1.807) is 23.1 Å². The second-order valence-electron chi connectivity index (χ2n) is 8.30. The monoisotopic (exact) mass is 468 g/mol. The first-order chi connectivity index (χ1) is 15.8. The van der Waals surface area contributed by atoms with Crippen molar-refractivity contribution in [2.45, 2.75) is 45.8 Å². The molecule has 2 aliphatic rings. The van der Waals surface area contributed by atoms with Gasteiger partial charge in [0.15, 0.2) is 0 Å². The van der Waals surface area contributed by atoms with E-state index in [1.807, 2.05) is 32.0 Å². The number of amides is 5. The summed E-state index contributed by atoms with van der Waals surface area (Å²) in [5, 5.41) is 5.74. The number of fused-ring (bicyclic) bond motifs is 1. The molecule has 0 bridgehead atoms. The molecule has 9 heteroatoms. The number of piperidine rings is 1. The Hall–Kier alpha value is -3.39. The summed E-state index contributed by atoms with van der Waals surface area (Å²) in [5.41, 5.74) is 3.70. The Bertz CT molecular complexity index is 1150. The Balaban J connectivity index is 1.45. The molecule has 0 saturated carbocycles. The van der Waals surface area contributed by atoms with Crippen molar-refractivity contribution in [2.24, 2.45) is 0 Å². The van der Waals surface area contributed by atoms with Crippen LogP contribution in [-0.4, -0.2) is 46.1 Å². The lowest BCUT2D eigenvalue weighted by atomic mass is 10.0. The first-order valence-electron chi connectivity index (χ1n) is 10.9. The van der Waals surface area contributed by atoms with E-state index in [9.17, 15) is 19.2 Å². The molecule has 4 rings (SSSR count). The van der Waals surface area contributed by atoms with Crippen molar-refractivity contribution in [3.8, 4) is 0 Å². The van der Waals surface area contributed by atoms with Crippen molar-refractivity contribution in [2.75, 3.05) is 11.9 Å². The van der Waals surface area contributed by atoms with E-state index in [4.69, 9.17) is 11.6 Å². The van der Waals surface area contributed by atoms with Crippen LogP contribution in [0.1, 0.15) is 46.8 Å². The number of anilines is 1. The Morgan fingerprint density at radius 2 is 2.00 bits per heavy atom. The largest absolute Gasteiger partial charge is 0.322 e. The van der Waals surface area contributed by atoms with E-state index in [0.29, 0.717) is 42.3 Å². The van der Waals surface area contributed by atoms with Gasteiger partial charge in [-0.3, -0.25) is 19.7 Å². The van der Waals surface area contributed by atoms with Crippen molar-refractivity contribution < 1.29 is 19.2 Å². The minimum atomic E-state index is -0.648. The Labute approximate surface area is 196 Å². The third-order valence-electron chi connectivity index (χ3n) is 6.06. The number of carbonyl (C=O) groups excluding carboxylic acids is 4. The molecule has 1 saturated heterocycles. The van der Waals surface area contributed by atoms with Crippen LogP contribution in [0.4, 0.5) is 10.5 Å². The summed E-state index contributed by atoms with van der Waals surface area (Å²) in [5.74, 6) is -0.977. The Kier molecular flexibility index (Phi) is 6.37. The van der Waals surface area contributed by atoms with E-state index in [1.165, 1.54) is 4.90 Å². The Morgan fingerprint density at radius 3 is 2.70 bits per heavy atom. The maximum absolute atomic E-state index is 13.0.